The predicted octanol–water partition coefficient (Wildman–Crippen LogP) is 4.44. The average molecular weight is 335 g/mol. The summed E-state index contributed by atoms with van der Waals surface area (Å²) in [6, 6.07) is 6.02. The second-order valence-corrected chi connectivity index (χ2v) is 6.12. The fraction of sp³-hybridized carbons (Fsp3) is 0.312. The molecular weight excluding hydrogens is 316 g/mol. The van der Waals surface area contributed by atoms with Crippen molar-refractivity contribution in [1.29, 1.82) is 0 Å². The van der Waals surface area contributed by atoms with Gasteiger partial charge in [0.1, 0.15) is 12.4 Å². The highest BCUT2D eigenvalue weighted by Crippen LogP contribution is 2.31. The Labute approximate surface area is 128 Å². The third-order valence-corrected chi connectivity index (χ3v) is 3.61. The molecule has 0 aliphatic rings. The van der Waals surface area contributed by atoms with E-state index >= 15 is 0 Å². The molecule has 1 heterocycles. The van der Waals surface area contributed by atoms with Gasteiger partial charge >= 0.3 is 0 Å². The summed E-state index contributed by atoms with van der Waals surface area (Å²) >= 11 is 3.41. The van der Waals surface area contributed by atoms with Gasteiger partial charge in [-0.15, -0.1) is 0 Å². The molecule has 0 bridgehead atoms. The average Bonchev–Trinajstić information content (AvgIpc) is 2.39. The SMILES string of the molecule is Cc1cc(OCc2cncc(Br)c2)c(C(C)C)cc1N. The zero-order valence-electron chi connectivity index (χ0n) is 12.0. The van der Waals surface area contributed by atoms with E-state index in [0.29, 0.717) is 12.5 Å². The molecule has 1 aromatic carbocycles. The molecule has 0 atom stereocenters. The van der Waals surface area contributed by atoms with Crippen LogP contribution in [0, 0.1) is 6.92 Å². The highest BCUT2D eigenvalue weighted by atomic mass is 79.9. The van der Waals surface area contributed by atoms with Crippen LogP contribution in [0.15, 0.2) is 35.1 Å². The first-order chi connectivity index (χ1) is 9.47. The molecule has 0 fully saturated rings. The maximum Gasteiger partial charge on any atom is 0.123 e. The van der Waals surface area contributed by atoms with E-state index in [-0.39, 0.29) is 0 Å². The molecule has 2 N–H and O–H groups in total. The van der Waals surface area contributed by atoms with Crippen molar-refractivity contribution in [1.82, 2.24) is 4.98 Å². The second-order valence-electron chi connectivity index (χ2n) is 5.20. The number of nitrogens with two attached hydrogens (primary N) is 1. The molecule has 0 aliphatic carbocycles. The van der Waals surface area contributed by atoms with Gasteiger partial charge in [-0.2, -0.15) is 0 Å². The number of aryl methyl sites for hydroxylation is 1. The van der Waals surface area contributed by atoms with Crippen LogP contribution in [0.3, 0.4) is 0 Å². The Bertz CT molecular complexity index is 611. The molecule has 0 saturated carbocycles. The minimum absolute atomic E-state index is 0.369. The van der Waals surface area contributed by atoms with Gasteiger partial charge in [-0.1, -0.05) is 13.8 Å². The summed E-state index contributed by atoms with van der Waals surface area (Å²) in [6.07, 6.45) is 3.57. The quantitative estimate of drug-likeness (QED) is 0.841. The van der Waals surface area contributed by atoms with Gasteiger partial charge in [0.25, 0.3) is 0 Å². The van der Waals surface area contributed by atoms with Crippen molar-refractivity contribution in [2.45, 2.75) is 33.3 Å². The van der Waals surface area contributed by atoms with Crippen LogP contribution in [0.25, 0.3) is 0 Å². The van der Waals surface area contributed by atoms with Crippen molar-refractivity contribution in [3.05, 3.63) is 51.8 Å². The molecule has 0 radical (unpaired) electrons. The molecule has 2 rings (SSSR count). The summed E-state index contributed by atoms with van der Waals surface area (Å²) < 4.78 is 6.91. The van der Waals surface area contributed by atoms with Crippen molar-refractivity contribution in [3.63, 3.8) is 0 Å². The van der Waals surface area contributed by atoms with E-state index in [1.54, 1.807) is 6.20 Å². The monoisotopic (exact) mass is 334 g/mol. The largest absolute Gasteiger partial charge is 0.489 e. The first-order valence-corrected chi connectivity index (χ1v) is 7.39. The van der Waals surface area contributed by atoms with Gasteiger partial charge in [-0.25, -0.2) is 0 Å². The smallest absolute Gasteiger partial charge is 0.123 e. The first kappa shape index (κ1) is 14.9. The van der Waals surface area contributed by atoms with Gasteiger partial charge in [0.15, 0.2) is 0 Å². The number of nitrogens with zero attached hydrogens (tertiary/aromatic N) is 1. The second kappa shape index (κ2) is 6.27. The first-order valence-electron chi connectivity index (χ1n) is 6.59. The van der Waals surface area contributed by atoms with E-state index in [9.17, 15) is 0 Å². The molecule has 3 nitrogen and oxygen atoms in total. The number of halogens is 1. The molecule has 1 aromatic heterocycles. The summed E-state index contributed by atoms with van der Waals surface area (Å²) in [5, 5.41) is 0. The number of hydrogen-bond acceptors (Lipinski definition) is 3. The van der Waals surface area contributed by atoms with Crippen LogP contribution < -0.4 is 10.5 Å². The summed E-state index contributed by atoms with van der Waals surface area (Å²) in [7, 11) is 0. The van der Waals surface area contributed by atoms with Crippen LogP contribution in [0.1, 0.15) is 36.5 Å². The van der Waals surface area contributed by atoms with E-state index in [1.165, 1.54) is 0 Å². The summed E-state index contributed by atoms with van der Waals surface area (Å²) in [5.41, 5.74) is 10.00. The Kier molecular flexibility index (Phi) is 4.65. The lowest BCUT2D eigenvalue weighted by molar-refractivity contribution is 0.301. The highest BCUT2D eigenvalue weighted by Gasteiger charge is 2.11. The maximum absolute atomic E-state index is 5.98. The molecule has 0 aliphatic heterocycles. The van der Waals surface area contributed by atoms with E-state index in [1.807, 2.05) is 31.3 Å². The normalized spacial score (nSPS) is 10.8. The van der Waals surface area contributed by atoms with E-state index in [2.05, 4.69) is 34.8 Å². The minimum Gasteiger partial charge on any atom is -0.489 e. The third kappa shape index (κ3) is 3.51. The molecular formula is C16H19BrN2O. The lowest BCUT2D eigenvalue weighted by Gasteiger charge is -2.16. The number of nitrogen functional groups attached to an aromatic ring is 1. The number of aromatic nitrogens is 1. The summed E-state index contributed by atoms with van der Waals surface area (Å²) in [4.78, 5) is 4.14. The number of anilines is 1. The van der Waals surface area contributed by atoms with Crippen molar-refractivity contribution in [3.8, 4) is 5.75 Å². The van der Waals surface area contributed by atoms with Crippen LogP contribution in [0.4, 0.5) is 5.69 Å². The fourth-order valence-corrected chi connectivity index (χ4v) is 2.40. The van der Waals surface area contributed by atoms with Gasteiger partial charge in [0.2, 0.25) is 0 Å². The van der Waals surface area contributed by atoms with Gasteiger partial charge in [0, 0.05) is 28.1 Å². The highest BCUT2D eigenvalue weighted by molar-refractivity contribution is 9.10. The molecule has 2 aromatic rings. The van der Waals surface area contributed by atoms with E-state index in [4.69, 9.17) is 10.5 Å². The van der Waals surface area contributed by atoms with E-state index in [0.717, 1.165) is 32.6 Å². The van der Waals surface area contributed by atoms with Crippen LogP contribution >= 0.6 is 15.9 Å². The zero-order valence-corrected chi connectivity index (χ0v) is 13.6. The Balaban J connectivity index is 2.22. The van der Waals surface area contributed by atoms with E-state index < -0.39 is 0 Å². The minimum atomic E-state index is 0.369. The zero-order chi connectivity index (χ0) is 14.7. The maximum atomic E-state index is 5.98. The van der Waals surface area contributed by atoms with Crippen molar-refractivity contribution < 1.29 is 4.74 Å². The van der Waals surface area contributed by atoms with Crippen molar-refractivity contribution >= 4 is 21.6 Å². The third-order valence-electron chi connectivity index (χ3n) is 3.18. The van der Waals surface area contributed by atoms with Gasteiger partial charge in [-0.3, -0.25) is 4.98 Å². The lowest BCUT2D eigenvalue weighted by Crippen LogP contribution is -2.02. The van der Waals surface area contributed by atoms with Crippen LogP contribution in [-0.4, -0.2) is 4.98 Å². The Morgan fingerprint density at radius 1 is 1.25 bits per heavy atom. The van der Waals surface area contributed by atoms with Crippen LogP contribution in [0.5, 0.6) is 5.75 Å². The van der Waals surface area contributed by atoms with Crippen molar-refractivity contribution in [2.75, 3.05) is 5.73 Å². The Morgan fingerprint density at radius 3 is 2.65 bits per heavy atom. The van der Waals surface area contributed by atoms with Crippen LogP contribution in [-0.2, 0) is 6.61 Å². The summed E-state index contributed by atoms with van der Waals surface area (Å²) in [5.74, 6) is 1.26. The number of benzene rings is 1. The molecule has 0 saturated heterocycles. The Hall–Kier alpha value is -1.55. The van der Waals surface area contributed by atoms with Crippen molar-refractivity contribution in [2.24, 2.45) is 0 Å². The number of ether oxygens (including phenoxy) is 1. The fourth-order valence-electron chi connectivity index (χ4n) is 1.99. The lowest BCUT2D eigenvalue weighted by atomic mass is 9.99. The molecule has 0 amide bonds. The summed E-state index contributed by atoms with van der Waals surface area (Å²) in [6.45, 7) is 6.76. The predicted molar refractivity (Wildman–Crippen MR) is 85.9 cm³/mol. The number of pyridine rings is 1. The topological polar surface area (TPSA) is 48.1 Å². The molecule has 0 spiro atoms. The standard InChI is InChI=1S/C16H19BrN2O/c1-10(2)14-6-15(18)11(3)4-16(14)20-9-12-5-13(17)8-19-7-12/h4-8,10H,9,18H2,1-3H3. The number of rotatable bonds is 4. The van der Waals surface area contributed by atoms with Gasteiger partial charge in [-0.05, 0) is 58.1 Å². The molecule has 20 heavy (non-hydrogen) atoms. The van der Waals surface area contributed by atoms with Gasteiger partial charge < -0.3 is 10.5 Å². The molecule has 0 unspecified atom stereocenters. The number of hydrogen-bond donors (Lipinski definition) is 1. The Morgan fingerprint density at radius 2 is 2.00 bits per heavy atom. The molecule has 106 valence electrons. The molecule has 4 heteroatoms. The van der Waals surface area contributed by atoms with Crippen LogP contribution in [0.2, 0.25) is 0 Å². The van der Waals surface area contributed by atoms with Gasteiger partial charge in [0.05, 0.1) is 0 Å².